The van der Waals surface area contributed by atoms with Gasteiger partial charge < -0.3 is 15.9 Å². The minimum atomic E-state index is -0.869. The smallest absolute Gasteiger partial charge is 0.307 e. The molecule has 0 aliphatic heterocycles. The number of nitrogens with zero attached hydrogens (tertiary/aromatic N) is 3. The highest BCUT2D eigenvalue weighted by Crippen LogP contribution is 2.36. The molecule has 1 aliphatic rings. The van der Waals surface area contributed by atoms with Crippen molar-refractivity contribution in [3.63, 3.8) is 0 Å². The van der Waals surface area contributed by atoms with Crippen LogP contribution in [0.15, 0.2) is 41.8 Å². The number of aliphatic hydroxyl groups excluding tert-OH is 2. The number of hydrogen-bond donors (Lipinski definition) is 4. The Morgan fingerprint density at radius 3 is 2.77 bits per heavy atom. The molecule has 2 heterocycles. The van der Waals surface area contributed by atoms with Crippen LogP contribution in [-0.4, -0.2) is 43.1 Å². The first kappa shape index (κ1) is 17.5. The maximum Gasteiger partial charge on any atom is 0.307 e. The lowest BCUT2D eigenvalue weighted by Gasteiger charge is -2.16. The molecule has 1 aliphatic carbocycles. The van der Waals surface area contributed by atoms with Crippen molar-refractivity contribution in [1.29, 1.82) is 0 Å². The van der Waals surface area contributed by atoms with E-state index in [0.717, 1.165) is 4.90 Å². The molecule has 0 radical (unpaired) electrons. The van der Waals surface area contributed by atoms with Gasteiger partial charge in [-0.25, -0.2) is 4.57 Å². The van der Waals surface area contributed by atoms with Crippen LogP contribution in [0.25, 0.3) is 11.2 Å². The lowest BCUT2D eigenvalue weighted by molar-refractivity contribution is -0.706. The molecule has 0 amide bonds. The maximum atomic E-state index is 10.6. The molecule has 4 rings (SSSR count). The topological polar surface area (TPSA) is 112 Å². The van der Waals surface area contributed by atoms with Crippen molar-refractivity contribution in [1.82, 2.24) is 15.0 Å². The molecule has 26 heavy (non-hydrogen) atoms. The Hall–Kier alpha value is -1.87. The van der Waals surface area contributed by atoms with E-state index in [9.17, 15) is 10.2 Å². The van der Waals surface area contributed by atoms with E-state index in [0.29, 0.717) is 34.2 Å². The van der Waals surface area contributed by atoms with Crippen LogP contribution in [0.1, 0.15) is 12.5 Å². The number of rotatable bonds is 4. The summed E-state index contributed by atoms with van der Waals surface area (Å²) >= 11 is 7.55. The van der Waals surface area contributed by atoms with Crippen molar-refractivity contribution in [2.45, 2.75) is 29.6 Å². The molecule has 1 saturated carbocycles. The van der Waals surface area contributed by atoms with Gasteiger partial charge in [-0.2, -0.15) is 4.98 Å². The zero-order chi connectivity index (χ0) is 18.3. The summed E-state index contributed by atoms with van der Waals surface area (Å²) in [6.07, 6.45) is 2.10. The summed E-state index contributed by atoms with van der Waals surface area (Å²) in [5.41, 5.74) is 7.12. The number of benzene rings is 1. The molecule has 136 valence electrons. The molecule has 0 spiro atoms. The van der Waals surface area contributed by atoms with Gasteiger partial charge >= 0.3 is 5.65 Å². The van der Waals surface area contributed by atoms with E-state index in [2.05, 4.69) is 15.0 Å². The molecule has 1 fully saturated rings. The average Bonchev–Trinajstić information content (AvgIpc) is 3.18. The lowest BCUT2D eigenvalue weighted by atomic mass is 10.1. The van der Waals surface area contributed by atoms with Crippen LogP contribution in [-0.2, 0) is 0 Å². The second kappa shape index (κ2) is 7.03. The zero-order valence-corrected chi connectivity index (χ0v) is 15.4. The molecule has 0 bridgehead atoms. The SMILES string of the molecule is Nc1ncnc2c1[nH]c[n+]2C1CC(CSc2ccc(Cl)cc2)C(O)C1O. The van der Waals surface area contributed by atoms with Gasteiger partial charge in [0.1, 0.15) is 12.1 Å². The summed E-state index contributed by atoms with van der Waals surface area (Å²) in [7, 11) is 0. The van der Waals surface area contributed by atoms with Crippen molar-refractivity contribution in [2.75, 3.05) is 11.5 Å². The summed E-state index contributed by atoms with van der Waals surface area (Å²) in [4.78, 5) is 12.4. The molecule has 1 aromatic carbocycles. The minimum absolute atomic E-state index is 0.0349. The minimum Gasteiger partial charge on any atom is -0.390 e. The number of nitrogens with two attached hydrogens (primary N) is 1. The van der Waals surface area contributed by atoms with Crippen LogP contribution >= 0.6 is 23.4 Å². The Morgan fingerprint density at radius 2 is 2.00 bits per heavy atom. The van der Waals surface area contributed by atoms with Crippen molar-refractivity contribution in [3.05, 3.63) is 41.9 Å². The number of aromatic amines is 1. The molecule has 5 N–H and O–H groups in total. The van der Waals surface area contributed by atoms with Crippen LogP contribution in [0.3, 0.4) is 0 Å². The van der Waals surface area contributed by atoms with E-state index in [4.69, 9.17) is 17.3 Å². The van der Waals surface area contributed by atoms with Gasteiger partial charge in [-0.1, -0.05) is 16.6 Å². The van der Waals surface area contributed by atoms with Crippen molar-refractivity contribution in [3.8, 4) is 0 Å². The fraction of sp³-hybridized carbons (Fsp3) is 0.353. The van der Waals surface area contributed by atoms with Gasteiger partial charge in [0, 0.05) is 21.6 Å². The Bertz CT molecular complexity index is 919. The quantitative estimate of drug-likeness (QED) is 0.396. The standard InChI is InChI=1S/C17H18ClN5O2S/c18-10-1-3-11(4-2-10)26-6-9-5-12(15(25)14(9)24)23-8-22-13-16(19)20-7-21-17(13)23/h1-4,7-9,12,14-15,24-25H,5-6H2,(H2,19,20,21)/p+1. The van der Waals surface area contributed by atoms with Crippen molar-refractivity contribution >= 4 is 40.3 Å². The molecule has 4 unspecified atom stereocenters. The third-order valence-electron chi connectivity index (χ3n) is 4.86. The van der Waals surface area contributed by atoms with E-state index in [1.54, 1.807) is 18.1 Å². The van der Waals surface area contributed by atoms with Crippen LogP contribution < -0.4 is 10.3 Å². The number of anilines is 1. The van der Waals surface area contributed by atoms with Gasteiger partial charge in [0.05, 0.1) is 6.10 Å². The number of nitrogen functional groups attached to an aromatic ring is 1. The van der Waals surface area contributed by atoms with Crippen LogP contribution in [0, 0.1) is 5.92 Å². The Morgan fingerprint density at radius 1 is 1.23 bits per heavy atom. The molecule has 9 heteroatoms. The van der Waals surface area contributed by atoms with Crippen LogP contribution in [0.4, 0.5) is 5.82 Å². The van der Waals surface area contributed by atoms with Gasteiger partial charge in [0.2, 0.25) is 5.52 Å². The van der Waals surface area contributed by atoms with Gasteiger partial charge in [0.25, 0.3) is 0 Å². The highest BCUT2D eigenvalue weighted by Gasteiger charge is 2.45. The fourth-order valence-corrected chi connectivity index (χ4v) is 4.64. The number of H-pyrrole nitrogens is 1. The van der Waals surface area contributed by atoms with Crippen LogP contribution in [0.2, 0.25) is 5.02 Å². The zero-order valence-electron chi connectivity index (χ0n) is 13.8. The number of hydrogen-bond acceptors (Lipinski definition) is 6. The van der Waals surface area contributed by atoms with E-state index >= 15 is 0 Å². The lowest BCUT2D eigenvalue weighted by Crippen LogP contribution is -2.45. The molecule has 2 aromatic heterocycles. The van der Waals surface area contributed by atoms with Crippen molar-refractivity contribution < 1.29 is 14.8 Å². The van der Waals surface area contributed by atoms with E-state index < -0.39 is 12.2 Å². The number of thioether (sulfide) groups is 1. The number of aliphatic hydroxyl groups is 2. The van der Waals surface area contributed by atoms with Gasteiger partial charge in [-0.05, 0) is 30.7 Å². The number of fused-ring (bicyclic) bond motifs is 1. The summed E-state index contributed by atoms with van der Waals surface area (Å²) in [6.45, 7) is 0. The van der Waals surface area contributed by atoms with Gasteiger partial charge in [-0.3, -0.25) is 4.98 Å². The Labute approximate surface area is 159 Å². The van der Waals surface area contributed by atoms with Gasteiger partial charge in [-0.15, -0.1) is 11.8 Å². The largest absolute Gasteiger partial charge is 0.390 e. The van der Waals surface area contributed by atoms with Crippen molar-refractivity contribution in [2.24, 2.45) is 5.92 Å². The second-order valence-electron chi connectivity index (χ2n) is 6.45. The molecule has 0 saturated heterocycles. The second-order valence-corrected chi connectivity index (χ2v) is 7.98. The van der Waals surface area contributed by atoms with Crippen LogP contribution in [0.5, 0.6) is 0 Å². The maximum absolute atomic E-state index is 10.6. The molecular formula is C17H19ClN5O2S+. The summed E-state index contributed by atoms with van der Waals surface area (Å²) in [5, 5.41) is 21.8. The highest BCUT2D eigenvalue weighted by molar-refractivity contribution is 7.99. The third kappa shape index (κ3) is 3.14. The number of imidazole rings is 1. The highest BCUT2D eigenvalue weighted by atomic mass is 35.5. The molecule has 3 aromatic rings. The first-order valence-electron chi connectivity index (χ1n) is 8.28. The first-order chi connectivity index (χ1) is 12.5. The predicted molar refractivity (Wildman–Crippen MR) is 99.8 cm³/mol. The molecular weight excluding hydrogens is 374 g/mol. The number of halogens is 1. The molecule has 7 nitrogen and oxygen atoms in total. The number of nitrogens with one attached hydrogen (secondary N) is 1. The fourth-order valence-electron chi connectivity index (χ4n) is 3.45. The summed E-state index contributed by atoms with van der Waals surface area (Å²) < 4.78 is 1.84. The van der Waals surface area contributed by atoms with Gasteiger partial charge in [0.15, 0.2) is 18.5 Å². The summed E-state index contributed by atoms with van der Waals surface area (Å²) in [5.74, 6) is 1.03. The Kier molecular flexibility index (Phi) is 4.74. The monoisotopic (exact) mass is 392 g/mol. The average molecular weight is 393 g/mol. The van der Waals surface area contributed by atoms with E-state index in [-0.39, 0.29) is 12.0 Å². The Balaban J connectivity index is 1.52. The number of aromatic nitrogens is 4. The third-order valence-corrected chi connectivity index (χ3v) is 6.31. The normalized spacial score (nSPS) is 25.8. The summed E-state index contributed by atoms with van der Waals surface area (Å²) in [6, 6.07) is 7.33. The molecule has 4 atom stereocenters. The van der Waals surface area contributed by atoms with E-state index in [1.165, 1.54) is 6.33 Å². The van der Waals surface area contributed by atoms with E-state index in [1.807, 2.05) is 28.8 Å². The first-order valence-corrected chi connectivity index (χ1v) is 9.64. The predicted octanol–water partition coefficient (Wildman–Crippen LogP) is 1.56.